The molecule has 0 saturated heterocycles. The molecule has 1 aliphatic rings. The summed E-state index contributed by atoms with van der Waals surface area (Å²) in [5.41, 5.74) is 7.20. The number of ether oxygens (including phenoxy) is 1. The van der Waals surface area contributed by atoms with Gasteiger partial charge < -0.3 is 30.9 Å². The lowest BCUT2D eigenvalue weighted by molar-refractivity contribution is -0.192. The summed E-state index contributed by atoms with van der Waals surface area (Å²) in [6.45, 7) is 0.141. The maximum atomic E-state index is 12.6. The van der Waals surface area contributed by atoms with Gasteiger partial charge in [0.05, 0.1) is 19.0 Å². The zero-order chi connectivity index (χ0) is 37.7. The molecule has 52 heavy (non-hydrogen) atoms. The summed E-state index contributed by atoms with van der Waals surface area (Å²) in [6.07, 6.45) is -5.49. The summed E-state index contributed by atoms with van der Waals surface area (Å²) < 4.78 is 37.2. The molecule has 0 aromatic heterocycles. The SMILES string of the molecule is O=C(O)C(F)(F)F.O=C(O)CC(NC(=O)CNC(=O)CCCNC(=O)OCC1c2ccccc2-c2ccccc21)c1ccc(-c2ccccc2)cc1. The molecule has 0 aliphatic heterocycles. The van der Waals surface area contributed by atoms with Gasteiger partial charge >= 0.3 is 24.2 Å². The average molecular weight is 720 g/mol. The van der Waals surface area contributed by atoms with E-state index in [1.165, 1.54) is 0 Å². The van der Waals surface area contributed by atoms with E-state index in [-0.39, 0.29) is 44.4 Å². The Morgan fingerprint density at radius 2 is 1.25 bits per heavy atom. The molecule has 0 bridgehead atoms. The molecule has 0 heterocycles. The molecule has 1 aliphatic carbocycles. The third-order valence-electron chi connectivity index (χ3n) is 8.02. The Labute approximate surface area is 296 Å². The van der Waals surface area contributed by atoms with Gasteiger partial charge in [0, 0.05) is 18.9 Å². The molecule has 1 atom stereocenters. The first-order valence-corrected chi connectivity index (χ1v) is 16.2. The van der Waals surface area contributed by atoms with Crippen LogP contribution in [0.2, 0.25) is 0 Å². The van der Waals surface area contributed by atoms with Crippen molar-refractivity contribution in [3.8, 4) is 22.3 Å². The zero-order valence-electron chi connectivity index (χ0n) is 27.7. The fraction of sp³-hybridized carbons (Fsp3) is 0.237. The second-order valence-electron chi connectivity index (χ2n) is 11.6. The Bertz CT molecular complexity index is 1820. The number of rotatable bonds is 13. The number of benzene rings is 4. The molecule has 4 aromatic carbocycles. The van der Waals surface area contributed by atoms with Gasteiger partial charge in [0.1, 0.15) is 6.61 Å². The number of carboxylic acid groups (broad SMARTS) is 2. The lowest BCUT2D eigenvalue weighted by Gasteiger charge is -2.18. The zero-order valence-corrected chi connectivity index (χ0v) is 27.7. The maximum absolute atomic E-state index is 12.6. The van der Waals surface area contributed by atoms with Crippen LogP contribution in [0.1, 0.15) is 47.9 Å². The average Bonchev–Trinajstić information content (AvgIpc) is 3.45. The number of alkyl halides is 3. The number of amides is 3. The van der Waals surface area contributed by atoms with Gasteiger partial charge in [-0.05, 0) is 45.4 Å². The summed E-state index contributed by atoms with van der Waals surface area (Å²) in [5, 5.41) is 24.4. The topological polar surface area (TPSA) is 171 Å². The number of hydrogen-bond donors (Lipinski definition) is 5. The van der Waals surface area contributed by atoms with Crippen molar-refractivity contribution >= 4 is 29.8 Å². The highest BCUT2D eigenvalue weighted by Crippen LogP contribution is 2.44. The fourth-order valence-electron chi connectivity index (χ4n) is 5.57. The Kier molecular flexibility index (Phi) is 13.5. The molecule has 0 spiro atoms. The van der Waals surface area contributed by atoms with Crippen molar-refractivity contribution in [2.24, 2.45) is 0 Å². The standard InChI is InChI=1S/C36H35N3O6.C2HF3O2/c40-33(15-8-20-37-36(44)45-23-31-29-13-6-4-11-27(29)28-12-5-7-14-30(28)31)38-22-34(41)39-32(21-35(42)43)26-18-16-25(17-19-26)24-9-2-1-3-10-24;3-2(4,5)1(6)7/h1-7,9-14,16-19,31-32H,8,15,20-23H2,(H,37,44)(H,38,40)(H,39,41)(H,42,43);(H,6,7). The third kappa shape index (κ3) is 11.2. The second kappa shape index (κ2) is 18.2. The van der Waals surface area contributed by atoms with Crippen LogP contribution in [0.3, 0.4) is 0 Å². The number of hydrogen-bond acceptors (Lipinski definition) is 6. The highest BCUT2D eigenvalue weighted by Gasteiger charge is 2.38. The van der Waals surface area contributed by atoms with Crippen molar-refractivity contribution in [1.29, 1.82) is 0 Å². The van der Waals surface area contributed by atoms with Crippen molar-refractivity contribution in [3.05, 3.63) is 120 Å². The summed E-state index contributed by atoms with van der Waals surface area (Å²) in [6, 6.07) is 32.5. The largest absolute Gasteiger partial charge is 0.490 e. The first kappa shape index (κ1) is 38.6. The predicted octanol–water partition coefficient (Wildman–Crippen LogP) is 6.05. The van der Waals surface area contributed by atoms with E-state index >= 15 is 0 Å². The summed E-state index contributed by atoms with van der Waals surface area (Å²) in [4.78, 5) is 57.6. The minimum atomic E-state index is -5.08. The second-order valence-corrected chi connectivity index (χ2v) is 11.6. The van der Waals surface area contributed by atoms with E-state index in [9.17, 15) is 37.5 Å². The Balaban J connectivity index is 0.000000785. The lowest BCUT2D eigenvalue weighted by atomic mass is 9.98. The van der Waals surface area contributed by atoms with Crippen LogP contribution in [0.25, 0.3) is 22.3 Å². The number of fused-ring (bicyclic) bond motifs is 3. The fourth-order valence-corrected chi connectivity index (χ4v) is 5.57. The van der Waals surface area contributed by atoms with Crippen LogP contribution >= 0.6 is 0 Å². The van der Waals surface area contributed by atoms with Crippen LogP contribution in [0.5, 0.6) is 0 Å². The quantitative estimate of drug-likeness (QED) is 0.104. The molecule has 4 aromatic rings. The predicted molar refractivity (Wildman–Crippen MR) is 184 cm³/mol. The smallest absolute Gasteiger partial charge is 0.481 e. The van der Waals surface area contributed by atoms with Crippen molar-refractivity contribution < 1.29 is 52.1 Å². The van der Waals surface area contributed by atoms with Crippen LogP contribution in [0.15, 0.2) is 103 Å². The molecule has 5 N–H and O–H groups in total. The van der Waals surface area contributed by atoms with E-state index in [0.29, 0.717) is 12.0 Å². The number of aliphatic carboxylic acids is 2. The van der Waals surface area contributed by atoms with Gasteiger partial charge in [-0.15, -0.1) is 0 Å². The molecule has 11 nitrogen and oxygen atoms in total. The van der Waals surface area contributed by atoms with Crippen molar-refractivity contribution in [2.75, 3.05) is 19.7 Å². The first-order chi connectivity index (χ1) is 24.8. The summed E-state index contributed by atoms with van der Waals surface area (Å²) in [5.74, 6) is -4.71. The van der Waals surface area contributed by atoms with Crippen molar-refractivity contribution in [2.45, 2.75) is 37.4 Å². The van der Waals surface area contributed by atoms with Crippen LogP contribution in [-0.4, -0.2) is 65.9 Å². The highest BCUT2D eigenvalue weighted by atomic mass is 19.4. The first-order valence-electron chi connectivity index (χ1n) is 16.2. The minimum absolute atomic E-state index is 0.0381. The van der Waals surface area contributed by atoms with Gasteiger partial charge in [-0.3, -0.25) is 14.4 Å². The number of nitrogens with one attached hydrogen (secondary N) is 3. The molecule has 0 fully saturated rings. The number of carboxylic acids is 2. The molecule has 14 heteroatoms. The Morgan fingerprint density at radius 1 is 0.712 bits per heavy atom. The number of carbonyl (C=O) groups excluding carboxylic acids is 3. The molecule has 3 amide bonds. The molecule has 0 radical (unpaired) electrons. The van der Waals surface area contributed by atoms with E-state index < -0.39 is 36.2 Å². The van der Waals surface area contributed by atoms with Gasteiger partial charge in [-0.1, -0.05) is 103 Å². The van der Waals surface area contributed by atoms with Gasteiger partial charge in [0.25, 0.3) is 0 Å². The molecule has 1 unspecified atom stereocenters. The number of carbonyl (C=O) groups is 5. The van der Waals surface area contributed by atoms with E-state index in [2.05, 4.69) is 40.2 Å². The van der Waals surface area contributed by atoms with Crippen molar-refractivity contribution in [3.63, 3.8) is 0 Å². The molecule has 5 rings (SSSR count). The van der Waals surface area contributed by atoms with Crippen LogP contribution in [-0.2, 0) is 23.9 Å². The third-order valence-corrected chi connectivity index (χ3v) is 8.02. The summed E-state index contributed by atoms with van der Waals surface area (Å²) >= 11 is 0. The molecule has 272 valence electrons. The van der Waals surface area contributed by atoms with Gasteiger partial charge in [-0.2, -0.15) is 13.2 Å². The van der Waals surface area contributed by atoms with E-state index in [4.69, 9.17) is 14.6 Å². The molecular weight excluding hydrogens is 683 g/mol. The molecular formula is C38H36F3N3O8. The van der Waals surface area contributed by atoms with Gasteiger partial charge in [-0.25, -0.2) is 9.59 Å². The number of alkyl carbamates (subject to hydrolysis) is 1. The monoisotopic (exact) mass is 719 g/mol. The molecule has 0 saturated carbocycles. The highest BCUT2D eigenvalue weighted by molar-refractivity contribution is 5.85. The van der Waals surface area contributed by atoms with Crippen LogP contribution in [0.4, 0.5) is 18.0 Å². The van der Waals surface area contributed by atoms with Gasteiger partial charge in [0.2, 0.25) is 11.8 Å². The number of halogens is 3. The normalized spacial score (nSPS) is 12.2. The Morgan fingerprint density at radius 3 is 1.81 bits per heavy atom. The van der Waals surface area contributed by atoms with E-state index in [1.807, 2.05) is 66.7 Å². The van der Waals surface area contributed by atoms with Crippen LogP contribution < -0.4 is 16.0 Å². The Hall–Kier alpha value is -6.18. The van der Waals surface area contributed by atoms with Gasteiger partial charge in [0.15, 0.2) is 0 Å². The lowest BCUT2D eigenvalue weighted by Crippen LogP contribution is -2.39. The van der Waals surface area contributed by atoms with E-state index in [1.54, 1.807) is 12.1 Å². The van der Waals surface area contributed by atoms with Crippen molar-refractivity contribution in [1.82, 2.24) is 16.0 Å². The van der Waals surface area contributed by atoms with Crippen LogP contribution in [0, 0.1) is 0 Å². The minimum Gasteiger partial charge on any atom is -0.481 e. The maximum Gasteiger partial charge on any atom is 0.490 e. The summed E-state index contributed by atoms with van der Waals surface area (Å²) in [7, 11) is 0. The van der Waals surface area contributed by atoms with E-state index in [0.717, 1.165) is 33.4 Å².